The molecule has 74 valence electrons. The topological polar surface area (TPSA) is 60.2 Å². The van der Waals surface area contributed by atoms with E-state index < -0.39 is 10.2 Å². The Kier molecular flexibility index (Phi) is 3.91. The molecule has 4 nitrogen and oxygen atoms in total. The highest BCUT2D eigenvalue weighted by atomic mass is 35.5. The van der Waals surface area contributed by atoms with Gasteiger partial charge < -0.3 is 0 Å². The van der Waals surface area contributed by atoms with Crippen molar-refractivity contribution in [2.75, 3.05) is 5.75 Å². The molecule has 0 atom stereocenters. The second-order valence-corrected chi connectivity index (χ2v) is 3.87. The third-order valence-corrected chi connectivity index (χ3v) is 2.67. The number of carbonyl (C=O) groups is 1. The van der Waals surface area contributed by atoms with Crippen LogP contribution in [0, 0.1) is 10.1 Å². The normalized spacial score (nSPS) is 9.79. The molecule has 0 bridgehead atoms. The molecule has 0 amide bonds. The van der Waals surface area contributed by atoms with Gasteiger partial charge in [0, 0.05) is 17.0 Å². The first-order valence-corrected chi connectivity index (χ1v) is 5.01. The minimum atomic E-state index is -0.480. The molecular formula is C8H6ClNO3S. The molecule has 0 unspecified atom stereocenters. The summed E-state index contributed by atoms with van der Waals surface area (Å²) in [5.74, 6) is 0.114. The van der Waals surface area contributed by atoms with Crippen molar-refractivity contribution in [1.29, 1.82) is 0 Å². The number of rotatable bonds is 4. The molecule has 14 heavy (non-hydrogen) atoms. The number of halogens is 1. The highest BCUT2D eigenvalue weighted by Crippen LogP contribution is 2.22. The number of hydrogen-bond donors (Lipinski definition) is 0. The lowest BCUT2D eigenvalue weighted by Gasteiger charge is -1.97. The molecule has 1 rings (SSSR count). The molecule has 0 aromatic heterocycles. The molecule has 1 aromatic carbocycles. The van der Waals surface area contributed by atoms with Crippen LogP contribution in [0.4, 0.5) is 5.69 Å². The number of non-ortho nitro benzene ring substituents is 1. The van der Waals surface area contributed by atoms with E-state index in [0.717, 1.165) is 0 Å². The van der Waals surface area contributed by atoms with Gasteiger partial charge in [-0.25, -0.2) is 0 Å². The van der Waals surface area contributed by atoms with Gasteiger partial charge in [0.2, 0.25) is 5.24 Å². The smallest absolute Gasteiger partial charge is 0.270 e. The van der Waals surface area contributed by atoms with E-state index in [-0.39, 0.29) is 11.4 Å². The van der Waals surface area contributed by atoms with E-state index in [0.29, 0.717) is 4.90 Å². The maximum atomic E-state index is 10.4. The quantitative estimate of drug-likeness (QED) is 0.346. The molecule has 0 aliphatic carbocycles. The zero-order valence-corrected chi connectivity index (χ0v) is 8.55. The molecule has 0 fully saturated rings. The van der Waals surface area contributed by atoms with E-state index in [1.54, 1.807) is 12.1 Å². The van der Waals surface area contributed by atoms with Gasteiger partial charge >= 0.3 is 0 Å². The van der Waals surface area contributed by atoms with Crippen molar-refractivity contribution in [3.63, 3.8) is 0 Å². The zero-order chi connectivity index (χ0) is 10.6. The monoisotopic (exact) mass is 231 g/mol. The van der Waals surface area contributed by atoms with Crippen LogP contribution in [-0.4, -0.2) is 15.9 Å². The lowest BCUT2D eigenvalue weighted by molar-refractivity contribution is -0.385. The summed E-state index contributed by atoms with van der Waals surface area (Å²) < 4.78 is 0. The van der Waals surface area contributed by atoms with Crippen molar-refractivity contribution in [3.8, 4) is 0 Å². The summed E-state index contributed by atoms with van der Waals surface area (Å²) in [5, 5.41) is 9.92. The Morgan fingerprint density at radius 1 is 1.57 bits per heavy atom. The summed E-state index contributed by atoms with van der Waals surface area (Å²) in [7, 11) is 0. The van der Waals surface area contributed by atoms with E-state index in [4.69, 9.17) is 11.6 Å². The van der Waals surface area contributed by atoms with E-state index in [2.05, 4.69) is 0 Å². The van der Waals surface area contributed by atoms with Crippen molar-refractivity contribution in [2.45, 2.75) is 4.90 Å². The molecule has 0 heterocycles. The summed E-state index contributed by atoms with van der Waals surface area (Å²) in [6, 6.07) is 6.06. The Balaban J connectivity index is 2.73. The molecule has 0 radical (unpaired) electrons. The van der Waals surface area contributed by atoms with E-state index in [9.17, 15) is 14.9 Å². The molecule has 0 saturated carbocycles. The third-order valence-electron chi connectivity index (χ3n) is 1.38. The van der Waals surface area contributed by atoms with Gasteiger partial charge in [-0.3, -0.25) is 14.9 Å². The average Bonchev–Trinajstić information content (AvgIpc) is 2.15. The SMILES string of the molecule is O=C(Cl)CSc1cccc([N+](=O)[O-])c1. The number of nitrogens with zero attached hydrogens (tertiary/aromatic N) is 1. The number of nitro groups is 1. The van der Waals surface area contributed by atoms with Gasteiger partial charge in [0.05, 0.1) is 10.7 Å². The van der Waals surface area contributed by atoms with E-state index >= 15 is 0 Å². The number of hydrogen-bond acceptors (Lipinski definition) is 4. The third kappa shape index (κ3) is 3.35. The lowest BCUT2D eigenvalue weighted by atomic mass is 10.3. The lowest BCUT2D eigenvalue weighted by Crippen LogP contribution is -1.90. The predicted molar refractivity (Wildman–Crippen MR) is 54.7 cm³/mol. The fourth-order valence-electron chi connectivity index (χ4n) is 0.827. The zero-order valence-electron chi connectivity index (χ0n) is 6.97. The predicted octanol–water partition coefficient (Wildman–Crippen LogP) is 2.45. The molecule has 1 aromatic rings. The molecule has 0 N–H and O–H groups in total. The van der Waals surface area contributed by atoms with Crippen molar-refractivity contribution in [3.05, 3.63) is 34.4 Å². The highest BCUT2D eigenvalue weighted by Gasteiger charge is 2.06. The van der Waals surface area contributed by atoms with Crippen molar-refractivity contribution < 1.29 is 9.72 Å². The summed E-state index contributed by atoms with van der Waals surface area (Å²) in [4.78, 5) is 21.0. The van der Waals surface area contributed by atoms with Crippen LogP contribution in [0.15, 0.2) is 29.2 Å². The minimum Gasteiger partial charge on any atom is -0.280 e. The van der Waals surface area contributed by atoms with Crippen LogP contribution in [-0.2, 0) is 4.79 Å². The Morgan fingerprint density at radius 2 is 2.29 bits per heavy atom. The average molecular weight is 232 g/mol. The fraction of sp³-hybridized carbons (Fsp3) is 0.125. The maximum Gasteiger partial charge on any atom is 0.270 e. The Hall–Kier alpha value is -1.07. The van der Waals surface area contributed by atoms with Crippen LogP contribution in [0.2, 0.25) is 0 Å². The molecule has 0 aliphatic heterocycles. The van der Waals surface area contributed by atoms with Crippen LogP contribution < -0.4 is 0 Å². The van der Waals surface area contributed by atoms with Gasteiger partial charge in [-0.2, -0.15) is 0 Å². The molecule has 6 heteroatoms. The van der Waals surface area contributed by atoms with Gasteiger partial charge in [0.25, 0.3) is 5.69 Å². The number of benzene rings is 1. The van der Waals surface area contributed by atoms with Crippen LogP contribution >= 0.6 is 23.4 Å². The Labute approximate surface area is 89.4 Å². The van der Waals surface area contributed by atoms with Gasteiger partial charge in [0.1, 0.15) is 0 Å². The molecule has 0 spiro atoms. The Bertz CT molecular complexity index is 369. The van der Waals surface area contributed by atoms with Crippen molar-refractivity contribution in [1.82, 2.24) is 0 Å². The Morgan fingerprint density at radius 3 is 2.86 bits per heavy atom. The summed E-state index contributed by atoms with van der Waals surface area (Å²) >= 11 is 6.31. The van der Waals surface area contributed by atoms with Crippen molar-refractivity contribution in [2.24, 2.45) is 0 Å². The summed E-state index contributed by atoms with van der Waals surface area (Å²) in [6.45, 7) is 0. The molecule has 0 saturated heterocycles. The van der Waals surface area contributed by atoms with Gasteiger partial charge in [-0.1, -0.05) is 6.07 Å². The highest BCUT2D eigenvalue weighted by molar-refractivity contribution is 8.00. The fourth-order valence-corrected chi connectivity index (χ4v) is 1.65. The van der Waals surface area contributed by atoms with Crippen molar-refractivity contribution >= 4 is 34.3 Å². The maximum absolute atomic E-state index is 10.4. The summed E-state index contributed by atoms with van der Waals surface area (Å²) in [5.41, 5.74) is 0.0111. The van der Waals surface area contributed by atoms with Gasteiger partial charge in [-0.05, 0) is 17.7 Å². The van der Waals surface area contributed by atoms with Crippen LogP contribution in [0.25, 0.3) is 0 Å². The first kappa shape index (κ1) is 11.0. The minimum absolute atomic E-state index is 0.0111. The summed E-state index contributed by atoms with van der Waals surface area (Å²) in [6.07, 6.45) is 0. The largest absolute Gasteiger partial charge is 0.280 e. The van der Waals surface area contributed by atoms with E-state index in [1.165, 1.54) is 23.9 Å². The van der Waals surface area contributed by atoms with Crippen LogP contribution in [0.3, 0.4) is 0 Å². The van der Waals surface area contributed by atoms with Gasteiger partial charge in [-0.15, -0.1) is 11.8 Å². The van der Waals surface area contributed by atoms with E-state index in [1.807, 2.05) is 0 Å². The van der Waals surface area contributed by atoms with Crippen LogP contribution in [0.1, 0.15) is 0 Å². The number of nitro benzene ring substituents is 1. The standard InChI is InChI=1S/C8H6ClNO3S/c9-8(11)5-14-7-3-1-2-6(4-7)10(12)13/h1-4H,5H2. The van der Waals surface area contributed by atoms with Crippen LogP contribution in [0.5, 0.6) is 0 Å². The second-order valence-electron chi connectivity index (χ2n) is 2.40. The number of carbonyl (C=O) groups excluding carboxylic acids is 1. The number of thioether (sulfide) groups is 1. The first-order chi connectivity index (χ1) is 6.59. The second kappa shape index (κ2) is 4.97. The molecule has 0 aliphatic rings. The molecular weight excluding hydrogens is 226 g/mol. The first-order valence-electron chi connectivity index (χ1n) is 3.65. The van der Waals surface area contributed by atoms with Gasteiger partial charge in [0.15, 0.2) is 0 Å².